The van der Waals surface area contributed by atoms with E-state index in [-0.39, 0.29) is 6.04 Å². The summed E-state index contributed by atoms with van der Waals surface area (Å²) < 4.78 is 11.3. The molecule has 114 valence electrons. The fourth-order valence-corrected chi connectivity index (χ4v) is 2.47. The van der Waals surface area contributed by atoms with Crippen molar-refractivity contribution in [1.82, 2.24) is 0 Å². The van der Waals surface area contributed by atoms with Crippen LogP contribution in [-0.4, -0.2) is 25.9 Å². The molecule has 0 radical (unpaired) electrons. The Bertz CT molecular complexity index is 566. The average molecular weight is 287 g/mol. The van der Waals surface area contributed by atoms with Gasteiger partial charge in [-0.3, -0.25) is 0 Å². The largest absolute Gasteiger partial charge is 0.493 e. The molecule has 0 spiro atoms. The van der Waals surface area contributed by atoms with Crippen LogP contribution in [0.25, 0.3) is 10.8 Å². The minimum atomic E-state index is 0.113. The van der Waals surface area contributed by atoms with Gasteiger partial charge in [0, 0.05) is 31.2 Å². The van der Waals surface area contributed by atoms with E-state index in [1.54, 1.807) is 0 Å². The first-order valence-corrected chi connectivity index (χ1v) is 7.69. The van der Waals surface area contributed by atoms with Crippen LogP contribution in [0.3, 0.4) is 0 Å². The van der Waals surface area contributed by atoms with Crippen molar-refractivity contribution in [3.63, 3.8) is 0 Å². The molecule has 3 heteroatoms. The van der Waals surface area contributed by atoms with Crippen molar-refractivity contribution in [3.05, 3.63) is 42.0 Å². The second-order valence-electron chi connectivity index (χ2n) is 5.34. The summed E-state index contributed by atoms with van der Waals surface area (Å²) in [5.74, 6) is 0.947. The molecule has 2 aromatic carbocycles. The van der Waals surface area contributed by atoms with Gasteiger partial charge in [-0.05, 0) is 37.1 Å². The molecule has 0 bridgehead atoms. The second kappa shape index (κ2) is 8.01. The van der Waals surface area contributed by atoms with E-state index in [1.165, 1.54) is 16.3 Å². The monoisotopic (exact) mass is 287 g/mol. The summed E-state index contributed by atoms with van der Waals surface area (Å²) in [6, 6.07) is 12.7. The van der Waals surface area contributed by atoms with Crippen molar-refractivity contribution in [2.24, 2.45) is 5.73 Å². The van der Waals surface area contributed by atoms with Crippen LogP contribution in [0.1, 0.15) is 25.8 Å². The van der Waals surface area contributed by atoms with Gasteiger partial charge in [-0.15, -0.1) is 0 Å². The number of hydrogen-bond acceptors (Lipinski definition) is 3. The van der Waals surface area contributed by atoms with E-state index in [4.69, 9.17) is 15.2 Å². The van der Waals surface area contributed by atoms with Gasteiger partial charge in [0.2, 0.25) is 0 Å². The van der Waals surface area contributed by atoms with Crippen molar-refractivity contribution >= 4 is 10.8 Å². The molecule has 0 aliphatic heterocycles. The summed E-state index contributed by atoms with van der Waals surface area (Å²) in [7, 11) is 0. The van der Waals surface area contributed by atoms with Gasteiger partial charge in [0.25, 0.3) is 0 Å². The normalized spacial score (nSPS) is 12.5. The van der Waals surface area contributed by atoms with Gasteiger partial charge in [0.05, 0.1) is 6.61 Å². The molecule has 0 aliphatic rings. The maximum atomic E-state index is 6.00. The molecule has 21 heavy (non-hydrogen) atoms. The molecule has 3 nitrogen and oxygen atoms in total. The summed E-state index contributed by atoms with van der Waals surface area (Å²) in [4.78, 5) is 0. The lowest BCUT2D eigenvalue weighted by Crippen LogP contribution is -2.18. The van der Waals surface area contributed by atoms with Gasteiger partial charge in [0.15, 0.2) is 0 Å². The number of fused-ring (bicyclic) bond motifs is 1. The molecule has 0 aliphatic carbocycles. The summed E-state index contributed by atoms with van der Waals surface area (Å²) in [6.45, 7) is 6.20. The number of benzene rings is 2. The summed E-state index contributed by atoms with van der Waals surface area (Å²) in [5, 5.41) is 2.46. The van der Waals surface area contributed by atoms with E-state index < -0.39 is 0 Å². The molecule has 2 rings (SSSR count). The minimum Gasteiger partial charge on any atom is -0.493 e. The summed E-state index contributed by atoms with van der Waals surface area (Å²) in [5.41, 5.74) is 7.21. The third kappa shape index (κ3) is 4.45. The third-order valence-corrected chi connectivity index (χ3v) is 3.42. The van der Waals surface area contributed by atoms with Gasteiger partial charge in [-0.25, -0.2) is 0 Å². The van der Waals surface area contributed by atoms with Crippen molar-refractivity contribution in [3.8, 4) is 5.75 Å². The van der Waals surface area contributed by atoms with E-state index in [0.717, 1.165) is 31.8 Å². The standard InChI is InChI=1S/C18H25NO2/c1-3-20-11-6-12-21-18-10-9-15-7-4-5-8-16(15)17(18)13-14(2)19/h4-5,7-10,14H,3,6,11-13,19H2,1-2H3. The zero-order valence-electron chi connectivity index (χ0n) is 13.0. The Hall–Kier alpha value is -1.58. The lowest BCUT2D eigenvalue weighted by atomic mass is 9.98. The third-order valence-electron chi connectivity index (χ3n) is 3.42. The van der Waals surface area contributed by atoms with Crippen LogP contribution < -0.4 is 10.5 Å². The molecule has 1 unspecified atom stereocenters. The Morgan fingerprint density at radius 1 is 1.10 bits per heavy atom. The molecule has 0 saturated heterocycles. The first-order chi connectivity index (χ1) is 10.2. The van der Waals surface area contributed by atoms with E-state index in [1.807, 2.05) is 13.8 Å². The molecule has 0 heterocycles. The SMILES string of the molecule is CCOCCCOc1ccc2ccccc2c1CC(C)N. The van der Waals surface area contributed by atoms with E-state index in [2.05, 4.69) is 36.4 Å². The van der Waals surface area contributed by atoms with E-state index >= 15 is 0 Å². The van der Waals surface area contributed by atoms with Gasteiger partial charge in [-0.1, -0.05) is 30.3 Å². The Balaban J connectivity index is 2.17. The quantitative estimate of drug-likeness (QED) is 0.755. The Labute approximate surface area is 127 Å². The van der Waals surface area contributed by atoms with Crippen LogP contribution in [0.2, 0.25) is 0 Å². The first-order valence-electron chi connectivity index (χ1n) is 7.69. The van der Waals surface area contributed by atoms with Crippen molar-refractivity contribution < 1.29 is 9.47 Å². The number of ether oxygens (including phenoxy) is 2. The molecule has 0 amide bonds. The Morgan fingerprint density at radius 3 is 2.67 bits per heavy atom. The van der Waals surface area contributed by atoms with Gasteiger partial charge in [0.1, 0.15) is 5.75 Å². The lowest BCUT2D eigenvalue weighted by molar-refractivity contribution is 0.130. The average Bonchev–Trinajstić information content (AvgIpc) is 2.48. The topological polar surface area (TPSA) is 44.5 Å². The van der Waals surface area contributed by atoms with Crippen LogP contribution in [0.15, 0.2) is 36.4 Å². The molecule has 0 aromatic heterocycles. The smallest absolute Gasteiger partial charge is 0.123 e. The van der Waals surface area contributed by atoms with Gasteiger partial charge < -0.3 is 15.2 Å². The summed E-state index contributed by atoms with van der Waals surface area (Å²) >= 11 is 0. The molecular weight excluding hydrogens is 262 g/mol. The Kier molecular flexibility index (Phi) is 6.03. The fourth-order valence-electron chi connectivity index (χ4n) is 2.47. The van der Waals surface area contributed by atoms with Crippen LogP contribution in [0.4, 0.5) is 0 Å². The van der Waals surface area contributed by atoms with Gasteiger partial charge in [-0.2, -0.15) is 0 Å². The van der Waals surface area contributed by atoms with Crippen LogP contribution in [-0.2, 0) is 11.2 Å². The van der Waals surface area contributed by atoms with Crippen molar-refractivity contribution in [2.75, 3.05) is 19.8 Å². The maximum Gasteiger partial charge on any atom is 0.123 e. The van der Waals surface area contributed by atoms with Crippen LogP contribution in [0, 0.1) is 0 Å². The van der Waals surface area contributed by atoms with Crippen LogP contribution in [0.5, 0.6) is 5.75 Å². The van der Waals surface area contributed by atoms with E-state index in [9.17, 15) is 0 Å². The maximum absolute atomic E-state index is 6.00. The zero-order valence-corrected chi connectivity index (χ0v) is 13.0. The molecule has 2 N–H and O–H groups in total. The first kappa shape index (κ1) is 15.8. The van der Waals surface area contributed by atoms with Gasteiger partial charge >= 0.3 is 0 Å². The molecular formula is C18H25NO2. The molecule has 1 atom stereocenters. The number of hydrogen-bond donors (Lipinski definition) is 1. The van der Waals surface area contributed by atoms with Crippen molar-refractivity contribution in [1.29, 1.82) is 0 Å². The Morgan fingerprint density at radius 2 is 1.90 bits per heavy atom. The molecule has 0 fully saturated rings. The number of rotatable bonds is 8. The van der Waals surface area contributed by atoms with Crippen molar-refractivity contribution in [2.45, 2.75) is 32.7 Å². The predicted molar refractivity (Wildman–Crippen MR) is 87.9 cm³/mol. The lowest BCUT2D eigenvalue weighted by Gasteiger charge is -2.16. The molecule has 2 aromatic rings. The van der Waals surface area contributed by atoms with Crippen LogP contribution >= 0.6 is 0 Å². The minimum absolute atomic E-state index is 0.113. The number of nitrogens with two attached hydrogens (primary N) is 1. The summed E-state index contributed by atoms with van der Waals surface area (Å²) in [6.07, 6.45) is 1.72. The highest BCUT2D eigenvalue weighted by Gasteiger charge is 2.10. The highest BCUT2D eigenvalue weighted by molar-refractivity contribution is 5.87. The highest BCUT2D eigenvalue weighted by Crippen LogP contribution is 2.29. The van der Waals surface area contributed by atoms with E-state index in [0.29, 0.717) is 6.61 Å². The fraction of sp³-hybridized carbons (Fsp3) is 0.444. The predicted octanol–water partition coefficient (Wildman–Crippen LogP) is 3.53. The zero-order chi connectivity index (χ0) is 15.1. The highest BCUT2D eigenvalue weighted by atomic mass is 16.5. The molecule has 0 saturated carbocycles. The second-order valence-corrected chi connectivity index (χ2v) is 5.34.